The van der Waals surface area contributed by atoms with Crippen molar-refractivity contribution in [3.63, 3.8) is 0 Å². The zero-order valence-corrected chi connectivity index (χ0v) is 10.5. The molecule has 1 aromatic carbocycles. The van der Waals surface area contributed by atoms with Crippen LogP contribution in [-0.4, -0.2) is 19.0 Å². The third-order valence-corrected chi connectivity index (χ3v) is 2.90. The van der Waals surface area contributed by atoms with Gasteiger partial charge in [-0.25, -0.2) is 4.39 Å². The summed E-state index contributed by atoms with van der Waals surface area (Å²) in [7, 11) is 0. The number of nitrogens with zero attached hydrogens (tertiary/aromatic N) is 1. The molecule has 0 heterocycles. The molecule has 0 bridgehead atoms. The van der Waals surface area contributed by atoms with Crippen molar-refractivity contribution in [2.45, 2.75) is 26.2 Å². The fourth-order valence-corrected chi connectivity index (χ4v) is 1.88. The van der Waals surface area contributed by atoms with Gasteiger partial charge in [0, 0.05) is 24.7 Å². The van der Waals surface area contributed by atoms with Gasteiger partial charge in [0.15, 0.2) is 0 Å². The van der Waals surface area contributed by atoms with E-state index in [4.69, 9.17) is 11.6 Å². The highest BCUT2D eigenvalue weighted by Gasteiger charge is 2.03. The maximum Gasteiger partial charge on any atom is 0.123 e. The summed E-state index contributed by atoms with van der Waals surface area (Å²) in [5.74, 6) is 0.560. The predicted octanol–water partition coefficient (Wildman–Crippen LogP) is 4.06. The smallest absolute Gasteiger partial charge is 0.123 e. The molecule has 0 aliphatic rings. The number of anilines is 1. The van der Waals surface area contributed by atoms with E-state index < -0.39 is 0 Å². The van der Waals surface area contributed by atoms with E-state index in [0.717, 1.165) is 43.9 Å². The topological polar surface area (TPSA) is 3.24 Å². The molecule has 0 unspecified atom stereocenters. The summed E-state index contributed by atoms with van der Waals surface area (Å²) in [5, 5.41) is 0. The van der Waals surface area contributed by atoms with Crippen LogP contribution in [0.15, 0.2) is 24.3 Å². The number of halogens is 2. The lowest BCUT2D eigenvalue weighted by Crippen LogP contribution is -2.23. The molecule has 1 nitrogen and oxygen atoms in total. The van der Waals surface area contributed by atoms with Crippen molar-refractivity contribution in [2.75, 3.05) is 23.9 Å². The van der Waals surface area contributed by atoms with Crippen molar-refractivity contribution in [1.82, 2.24) is 0 Å². The first-order chi connectivity index (χ1) is 7.77. The molecule has 0 aromatic heterocycles. The van der Waals surface area contributed by atoms with E-state index in [1.54, 1.807) is 0 Å². The first-order valence-corrected chi connectivity index (χ1v) is 6.38. The number of unbranched alkanes of at least 4 members (excludes halogenated alkanes) is 2. The van der Waals surface area contributed by atoms with Gasteiger partial charge in [-0.15, -0.1) is 11.6 Å². The zero-order valence-electron chi connectivity index (χ0n) is 9.76. The van der Waals surface area contributed by atoms with Gasteiger partial charge in [0.1, 0.15) is 5.82 Å². The second kappa shape index (κ2) is 7.50. The Morgan fingerprint density at radius 2 is 1.81 bits per heavy atom. The van der Waals surface area contributed by atoms with Crippen molar-refractivity contribution >= 4 is 17.3 Å². The highest BCUT2D eigenvalue weighted by atomic mass is 35.5. The van der Waals surface area contributed by atoms with Gasteiger partial charge in [0.2, 0.25) is 0 Å². The Hall–Kier alpha value is -0.760. The second-order valence-electron chi connectivity index (χ2n) is 3.81. The first kappa shape index (κ1) is 13.3. The van der Waals surface area contributed by atoms with Crippen LogP contribution in [0, 0.1) is 5.82 Å². The molecule has 0 saturated carbocycles. The SMILES string of the molecule is CCN(CCCCCCl)c1ccc(F)cc1. The molecule has 3 heteroatoms. The summed E-state index contributed by atoms with van der Waals surface area (Å²) in [6.45, 7) is 4.08. The molecule has 0 radical (unpaired) electrons. The summed E-state index contributed by atoms with van der Waals surface area (Å²) >= 11 is 5.63. The quantitative estimate of drug-likeness (QED) is 0.516. The minimum Gasteiger partial charge on any atom is -0.372 e. The Bertz CT molecular complexity index is 286. The molecule has 0 aliphatic heterocycles. The summed E-state index contributed by atoms with van der Waals surface area (Å²) in [5.41, 5.74) is 1.09. The Kier molecular flexibility index (Phi) is 6.24. The molecule has 0 spiro atoms. The summed E-state index contributed by atoms with van der Waals surface area (Å²) < 4.78 is 12.8. The van der Waals surface area contributed by atoms with Crippen molar-refractivity contribution in [1.29, 1.82) is 0 Å². The molecule has 0 amide bonds. The van der Waals surface area contributed by atoms with E-state index >= 15 is 0 Å². The number of hydrogen-bond donors (Lipinski definition) is 0. The van der Waals surface area contributed by atoms with Crippen molar-refractivity contribution < 1.29 is 4.39 Å². The van der Waals surface area contributed by atoms with Crippen molar-refractivity contribution in [3.8, 4) is 0 Å². The van der Waals surface area contributed by atoms with Gasteiger partial charge >= 0.3 is 0 Å². The van der Waals surface area contributed by atoms with Gasteiger partial charge in [-0.05, 0) is 44.0 Å². The molecule has 0 saturated heterocycles. The monoisotopic (exact) mass is 243 g/mol. The molecule has 16 heavy (non-hydrogen) atoms. The van der Waals surface area contributed by atoms with Crippen LogP contribution < -0.4 is 4.90 Å². The largest absolute Gasteiger partial charge is 0.372 e. The zero-order chi connectivity index (χ0) is 11.8. The van der Waals surface area contributed by atoms with Crippen molar-refractivity contribution in [3.05, 3.63) is 30.1 Å². The van der Waals surface area contributed by atoms with Crippen LogP contribution in [0.4, 0.5) is 10.1 Å². The van der Waals surface area contributed by atoms with E-state index in [-0.39, 0.29) is 5.82 Å². The van der Waals surface area contributed by atoms with Crippen molar-refractivity contribution in [2.24, 2.45) is 0 Å². The Labute approximate surface area is 102 Å². The molecule has 0 aliphatic carbocycles. The van der Waals surface area contributed by atoms with Crippen LogP contribution in [0.25, 0.3) is 0 Å². The highest BCUT2D eigenvalue weighted by molar-refractivity contribution is 6.17. The van der Waals surface area contributed by atoms with Gasteiger partial charge in [-0.3, -0.25) is 0 Å². The van der Waals surface area contributed by atoms with E-state index in [2.05, 4.69) is 11.8 Å². The van der Waals surface area contributed by atoms with Crippen LogP contribution >= 0.6 is 11.6 Å². The van der Waals surface area contributed by atoms with E-state index in [1.807, 2.05) is 12.1 Å². The number of rotatable bonds is 7. The standard InChI is InChI=1S/C13H19ClFN/c1-2-16(11-5-3-4-10-14)13-8-6-12(15)7-9-13/h6-9H,2-5,10-11H2,1H3. The van der Waals surface area contributed by atoms with Gasteiger partial charge < -0.3 is 4.90 Å². The summed E-state index contributed by atoms with van der Waals surface area (Å²) in [6.07, 6.45) is 3.36. The molecular weight excluding hydrogens is 225 g/mol. The Balaban J connectivity index is 2.44. The summed E-state index contributed by atoms with van der Waals surface area (Å²) in [4.78, 5) is 2.26. The predicted molar refractivity (Wildman–Crippen MR) is 68.9 cm³/mol. The van der Waals surface area contributed by atoms with Gasteiger partial charge in [0.25, 0.3) is 0 Å². The maximum atomic E-state index is 12.8. The minimum atomic E-state index is -0.179. The summed E-state index contributed by atoms with van der Waals surface area (Å²) in [6, 6.07) is 6.69. The van der Waals surface area contributed by atoms with Crippen LogP contribution in [-0.2, 0) is 0 Å². The lowest BCUT2D eigenvalue weighted by atomic mass is 10.2. The third kappa shape index (κ3) is 4.40. The van der Waals surface area contributed by atoms with E-state index in [1.165, 1.54) is 12.1 Å². The molecular formula is C13H19ClFN. The van der Waals surface area contributed by atoms with Gasteiger partial charge in [0.05, 0.1) is 0 Å². The Morgan fingerprint density at radius 3 is 2.38 bits per heavy atom. The van der Waals surface area contributed by atoms with Crippen LogP contribution in [0.2, 0.25) is 0 Å². The van der Waals surface area contributed by atoms with Gasteiger partial charge in [-0.2, -0.15) is 0 Å². The fraction of sp³-hybridized carbons (Fsp3) is 0.538. The van der Waals surface area contributed by atoms with E-state index in [9.17, 15) is 4.39 Å². The number of alkyl halides is 1. The minimum absolute atomic E-state index is 0.179. The number of hydrogen-bond acceptors (Lipinski definition) is 1. The second-order valence-corrected chi connectivity index (χ2v) is 4.18. The highest BCUT2D eigenvalue weighted by Crippen LogP contribution is 2.15. The Morgan fingerprint density at radius 1 is 1.12 bits per heavy atom. The normalized spacial score (nSPS) is 10.4. The third-order valence-electron chi connectivity index (χ3n) is 2.64. The molecule has 0 atom stereocenters. The lowest BCUT2D eigenvalue weighted by Gasteiger charge is -2.23. The molecule has 1 rings (SSSR count). The van der Waals surface area contributed by atoms with Crippen LogP contribution in [0.5, 0.6) is 0 Å². The first-order valence-electron chi connectivity index (χ1n) is 5.84. The molecule has 1 aromatic rings. The fourth-order valence-electron chi connectivity index (χ4n) is 1.70. The molecule has 90 valence electrons. The number of benzene rings is 1. The van der Waals surface area contributed by atoms with Crippen LogP contribution in [0.1, 0.15) is 26.2 Å². The van der Waals surface area contributed by atoms with Crippen LogP contribution in [0.3, 0.4) is 0 Å². The van der Waals surface area contributed by atoms with E-state index in [0.29, 0.717) is 0 Å². The average Bonchev–Trinajstić information content (AvgIpc) is 2.31. The van der Waals surface area contributed by atoms with Gasteiger partial charge in [-0.1, -0.05) is 6.42 Å². The molecule has 0 N–H and O–H groups in total. The lowest BCUT2D eigenvalue weighted by molar-refractivity contribution is 0.627. The average molecular weight is 244 g/mol. The molecule has 0 fully saturated rings. The maximum absolute atomic E-state index is 12.8.